The zero-order chi connectivity index (χ0) is 14.2. The molecule has 1 aromatic heterocycles. The highest BCUT2D eigenvalue weighted by molar-refractivity contribution is 7.17. The van der Waals surface area contributed by atoms with Gasteiger partial charge in [0, 0.05) is 4.70 Å². The largest absolute Gasteiger partial charge is 0.271 e. The molecule has 0 amide bonds. The van der Waals surface area contributed by atoms with E-state index in [1.54, 1.807) is 0 Å². The molecule has 1 atom stereocenters. The van der Waals surface area contributed by atoms with E-state index < -0.39 is 0 Å². The fourth-order valence-corrected chi connectivity index (χ4v) is 4.45. The van der Waals surface area contributed by atoms with Crippen LogP contribution >= 0.6 is 11.3 Å². The summed E-state index contributed by atoms with van der Waals surface area (Å²) in [5.41, 5.74) is 4.99. The molecule has 0 aliphatic heterocycles. The van der Waals surface area contributed by atoms with Crippen LogP contribution in [0.25, 0.3) is 10.1 Å². The highest BCUT2D eigenvalue weighted by Gasteiger charge is 2.32. The fraction of sp³-hybridized carbons (Fsp3) is 0.529. The van der Waals surface area contributed by atoms with Crippen LogP contribution in [0.1, 0.15) is 51.1 Å². The lowest BCUT2D eigenvalue weighted by Crippen LogP contribution is -2.36. The lowest BCUT2D eigenvalue weighted by molar-refractivity contribution is 0.162. The van der Waals surface area contributed by atoms with Gasteiger partial charge >= 0.3 is 0 Å². The molecular formula is C17H24N2S. The number of fused-ring (bicyclic) bond motifs is 1. The SMILES string of the molecule is CC1(C)CCC(C(NN)c2cccc3ccsc23)CC1. The molecule has 2 aromatic rings. The maximum absolute atomic E-state index is 5.92. The van der Waals surface area contributed by atoms with Gasteiger partial charge in [-0.3, -0.25) is 11.3 Å². The zero-order valence-electron chi connectivity index (χ0n) is 12.4. The molecule has 2 nitrogen and oxygen atoms in total. The molecule has 1 unspecified atom stereocenters. The van der Waals surface area contributed by atoms with Crippen LogP contribution in [0.15, 0.2) is 29.6 Å². The number of hydrogen-bond acceptors (Lipinski definition) is 3. The van der Waals surface area contributed by atoms with Crippen molar-refractivity contribution < 1.29 is 0 Å². The van der Waals surface area contributed by atoms with Gasteiger partial charge in [-0.25, -0.2) is 0 Å². The van der Waals surface area contributed by atoms with Crippen LogP contribution < -0.4 is 11.3 Å². The van der Waals surface area contributed by atoms with E-state index in [4.69, 9.17) is 5.84 Å². The van der Waals surface area contributed by atoms with Crippen molar-refractivity contribution in [3.63, 3.8) is 0 Å². The Bertz CT molecular complexity index is 577. The summed E-state index contributed by atoms with van der Waals surface area (Å²) in [6.45, 7) is 4.77. The number of benzene rings is 1. The van der Waals surface area contributed by atoms with Crippen molar-refractivity contribution in [3.05, 3.63) is 35.2 Å². The lowest BCUT2D eigenvalue weighted by atomic mass is 9.70. The topological polar surface area (TPSA) is 38.0 Å². The fourth-order valence-electron chi connectivity index (χ4n) is 3.50. The minimum Gasteiger partial charge on any atom is -0.271 e. The summed E-state index contributed by atoms with van der Waals surface area (Å²) < 4.78 is 1.39. The highest BCUT2D eigenvalue weighted by atomic mass is 32.1. The van der Waals surface area contributed by atoms with Crippen LogP contribution in [-0.2, 0) is 0 Å². The average molecular weight is 288 g/mol. The van der Waals surface area contributed by atoms with Crippen molar-refractivity contribution in [3.8, 4) is 0 Å². The Morgan fingerprint density at radius 2 is 2.00 bits per heavy atom. The Kier molecular flexibility index (Phi) is 3.85. The molecule has 0 bridgehead atoms. The summed E-state index contributed by atoms with van der Waals surface area (Å²) in [4.78, 5) is 0. The molecule has 1 aromatic carbocycles. The molecule has 3 heteroatoms. The molecule has 1 fully saturated rings. The Morgan fingerprint density at radius 1 is 1.25 bits per heavy atom. The van der Waals surface area contributed by atoms with Crippen LogP contribution in [0.4, 0.5) is 0 Å². The van der Waals surface area contributed by atoms with Crippen LogP contribution in [-0.4, -0.2) is 0 Å². The van der Waals surface area contributed by atoms with E-state index in [1.807, 2.05) is 11.3 Å². The Labute approximate surface area is 125 Å². The molecule has 20 heavy (non-hydrogen) atoms. The molecule has 3 rings (SSSR count). The van der Waals surface area contributed by atoms with E-state index in [2.05, 4.69) is 48.9 Å². The van der Waals surface area contributed by atoms with Gasteiger partial charge in [0.2, 0.25) is 0 Å². The van der Waals surface area contributed by atoms with Crippen LogP contribution in [0.3, 0.4) is 0 Å². The van der Waals surface area contributed by atoms with Crippen LogP contribution in [0.2, 0.25) is 0 Å². The third-order valence-corrected chi connectivity index (χ3v) is 5.86. The van der Waals surface area contributed by atoms with Gasteiger partial charge in [0.25, 0.3) is 0 Å². The van der Waals surface area contributed by atoms with Gasteiger partial charge in [-0.2, -0.15) is 0 Å². The van der Waals surface area contributed by atoms with Gasteiger partial charge in [0.15, 0.2) is 0 Å². The second kappa shape index (κ2) is 5.47. The summed E-state index contributed by atoms with van der Waals surface area (Å²) in [5, 5.41) is 3.51. The van der Waals surface area contributed by atoms with E-state index in [0.29, 0.717) is 11.3 Å². The molecule has 1 aliphatic carbocycles. The predicted octanol–water partition coefficient (Wildman–Crippen LogP) is 4.62. The number of nitrogens with one attached hydrogen (secondary N) is 1. The monoisotopic (exact) mass is 288 g/mol. The molecular weight excluding hydrogens is 264 g/mol. The van der Waals surface area contributed by atoms with Crippen molar-refractivity contribution in [2.45, 2.75) is 45.6 Å². The van der Waals surface area contributed by atoms with Crippen molar-refractivity contribution in [2.24, 2.45) is 17.2 Å². The predicted molar refractivity (Wildman–Crippen MR) is 87.6 cm³/mol. The Balaban J connectivity index is 1.89. The van der Waals surface area contributed by atoms with Gasteiger partial charge in [0.05, 0.1) is 6.04 Å². The molecule has 1 heterocycles. The van der Waals surface area contributed by atoms with Crippen molar-refractivity contribution in [1.29, 1.82) is 0 Å². The van der Waals surface area contributed by atoms with E-state index in [1.165, 1.54) is 41.3 Å². The molecule has 3 N–H and O–H groups in total. The van der Waals surface area contributed by atoms with Gasteiger partial charge in [-0.1, -0.05) is 32.0 Å². The third-order valence-electron chi connectivity index (χ3n) is 4.88. The molecule has 1 saturated carbocycles. The minimum atomic E-state index is 0.286. The lowest BCUT2D eigenvalue weighted by Gasteiger charge is -2.38. The zero-order valence-corrected chi connectivity index (χ0v) is 13.2. The Morgan fingerprint density at radius 3 is 2.70 bits per heavy atom. The maximum Gasteiger partial charge on any atom is 0.0502 e. The summed E-state index contributed by atoms with van der Waals surface area (Å²) in [6, 6.07) is 9.06. The second-order valence-electron chi connectivity index (χ2n) is 6.83. The van der Waals surface area contributed by atoms with Gasteiger partial charge in [-0.15, -0.1) is 11.3 Å². The van der Waals surface area contributed by atoms with Gasteiger partial charge in [0.1, 0.15) is 0 Å². The first-order valence-corrected chi connectivity index (χ1v) is 8.41. The van der Waals surface area contributed by atoms with Crippen LogP contribution in [0, 0.1) is 11.3 Å². The van der Waals surface area contributed by atoms with Crippen molar-refractivity contribution in [2.75, 3.05) is 0 Å². The number of nitrogens with two attached hydrogens (primary N) is 1. The van der Waals surface area contributed by atoms with E-state index in [9.17, 15) is 0 Å². The first-order chi connectivity index (χ1) is 9.61. The second-order valence-corrected chi connectivity index (χ2v) is 7.75. The molecule has 0 saturated heterocycles. The Hall–Kier alpha value is -0.900. The maximum atomic E-state index is 5.92. The first-order valence-electron chi connectivity index (χ1n) is 7.53. The van der Waals surface area contributed by atoms with E-state index in [0.717, 1.165) is 0 Å². The molecule has 0 radical (unpaired) electrons. The molecule has 0 spiro atoms. The normalized spacial score (nSPS) is 21.1. The number of rotatable bonds is 3. The summed E-state index contributed by atoms with van der Waals surface area (Å²) in [5.74, 6) is 6.57. The van der Waals surface area contributed by atoms with Crippen molar-refractivity contribution >= 4 is 21.4 Å². The number of hydrazine groups is 1. The van der Waals surface area contributed by atoms with Crippen LogP contribution in [0.5, 0.6) is 0 Å². The summed E-state index contributed by atoms with van der Waals surface area (Å²) in [6.07, 6.45) is 5.14. The quantitative estimate of drug-likeness (QED) is 0.638. The van der Waals surface area contributed by atoms with Gasteiger partial charge in [-0.05, 0) is 59.4 Å². The molecule has 108 valence electrons. The van der Waals surface area contributed by atoms with E-state index in [-0.39, 0.29) is 6.04 Å². The molecule has 1 aliphatic rings. The smallest absolute Gasteiger partial charge is 0.0502 e. The standard InChI is InChI=1S/C17H24N2S/c1-17(2)9-6-12(7-10-17)15(19-18)14-5-3-4-13-8-11-20-16(13)14/h3-5,8,11-12,15,19H,6-7,9-10,18H2,1-2H3. The number of thiophene rings is 1. The van der Waals surface area contributed by atoms with Crippen molar-refractivity contribution in [1.82, 2.24) is 5.43 Å². The third kappa shape index (κ3) is 2.62. The number of hydrogen-bond donors (Lipinski definition) is 2. The average Bonchev–Trinajstić information content (AvgIpc) is 2.90. The van der Waals surface area contributed by atoms with Gasteiger partial charge < -0.3 is 0 Å². The van der Waals surface area contributed by atoms with E-state index >= 15 is 0 Å². The summed E-state index contributed by atoms with van der Waals surface area (Å²) >= 11 is 1.83. The highest BCUT2D eigenvalue weighted by Crippen LogP contribution is 2.44. The minimum absolute atomic E-state index is 0.286. The summed E-state index contributed by atoms with van der Waals surface area (Å²) in [7, 11) is 0. The first kappa shape index (κ1) is 14.1.